The van der Waals surface area contributed by atoms with Crippen molar-refractivity contribution in [1.82, 2.24) is 29.4 Å². The van der Waals surface area contributed by atoms with Gasteiger partial charge in [-0.2, -0.15) is 27.5 Å². The quantitative estimate of drug-likeness (QED) is 0.0173. The van der Waals surface area contributed by atoms with Crippen molar-refractivity contribution in [3.8, 4) is 17.5 Å². The van der Waals surface area contributed by atoms with Crippen LogP contribution in [0.25, 0.3) is 0 Å². The number of carbonyl (C=O) groups is 5. The number of methoxy groups -OCH3 is 2. The van der Waals surface area contributed by atoms with Gasteiger partial charge in [0.1, 0.15) is 29.6 Å². The third-order valence-corrected chi connectivity index (χ3v) is 13.7. The van der Waals surface area contributed by atoms with Gasteiger partial charge in [-0.15, -0.1) is 11.8 Å². The first-order valence-corrected chi connectivity index (χ1v) is 30.5. The summed E-state index contributed by atoms with van der Waals surface area (Å²) in [5, 5.41) is 30.0. The smallest absolute Gasteiger partial charge is 0.388 e. The van der Waals surface area contributed by atoms with Crippen molar-refractivity contribution in [2.24, 2.45) is 4.99 Å². The predicted molar refractivity (Wildman–Crippen MR) is 289 cm³/mol. The molecule has 0 bridgehead atoms. The first-order valence-electron chi connectivity index (χ1n) is 21.9. The monoisotopic (exact) mass is 1320 g/mol. The first-order chi connectivity index (χ1) is 38.2. The van der Waals surface area contributed by atoms with E-state index in [1.54, 1.807) is 14.7 Å². The molecule has 3 aromatic carbocycles. The number of aromatic carboxylic acids is 2. The molecule has 0 radical (unpaired) electrons. The number of carbonyl (C=O) groups excluding carboxylic acids is 2. The van der Waals surface area contributed by atoms with E-state index in [2.05, 4.69) is 47.9 Å². The second-order valence-electron chi connectivity index (χ2n) is 15.4. The number of benzene rings is 3. The fraction of sp³-hybridized carbons (Fsp3) is 0.326. The minimum Gasteiger partial charge on any atom is -0.778 e. The van der Waals surface area contributed by atoms with Crippen molar-refractivity contribution in [3.05, 3.63) is 101 Å². The van der Waals surface area contributed by atoms with Crippen LogP contribution in [0.15, 0.2) is 74.2 Å². The van der Waals surface area contributed by atoms with Gasteiger partial charge in [0.15, 0.2) is 5.75 Å². The fourth-order valence-corrected chi connectivity index (χ4v) is 9.57. The van der Waals surface area contributed by atoms with Crippen LogP contribution >= 0.6 is 65.5 Å². The number of ether oxygens (including phenoxy) is 4. The molecule has 2 amide bonds. The van der Waals surface area contributed by atoms with E-state index in [0.717, 1.165) is 54.1 Å². The molecule has 82 heavy (non-hydrogen) atoms. The Bertz CT molecular complexity index is 3310. The van der Waals surface area contributed by atoms with Gasteiger partial charge < -0.3 is 48.6 Å². The number of aliphatic carboxylic acids is 1. The molecule has 0 saturated heterocycles. The highest BCUT2D eigenvalue weighted by atomic mass is 35.5. The number of hydrogen-bond acceptors (Lipinski definition) is 20. The predicted octanol–water partition coefficient (Wildman–Crippen LogP) is 6.04. The Labute approximate surface area is 487 Å². The molecule has 0 aliphatic carbocycles. The number of urea groups is 1. The fourth-order valence-electron chi connectivity index (χ4n) is 5.61. The van der Waals surface area contributed by atoms with E-state index in [1.165, 1.54) is 49.3 Å². The summed E-state index contributed by atoms with van der Waals surface area (Å²) in [6, 6.07) is 8.76. The number of alkyl halides is 4. The first kappa shape index (κ1) is 71.8. The highest BCUT2D eigenvalue weighted by molar-refractivity contribution is 8.00. The van der Waals surface area contributed by atoms with Crippen LogP contribution in [-0.2, 0) is 52.9 Å². The Hall–Kier alpha value is -6.27. The summed E-state index contributed by atoms with van der Waals surface area (Å²) >= 11 is 19.5. The average molecular weight is 1320 g/mol. The summed E-state index contributed by atoms with van der Waals surface area (Å²) in [5.74, 6) is -7.63. The number of rotatable bonds is 18. The molecule has 1 unspecified atom stereocenters. The highest BCUT2D eigenvalue weighted by Gasteiger charge is 2.25. The van der Waals surface area contributed by atoms with Crippen LogP contribution in [0.4, 0.5) is 38.4 Å². The normalized spacial score (nSPS) is 12.5. The molecule has 0 saturated carbocycles. The van der Waals surface area contributed by atoms with Crippen LogP contribution in [0.5, 0.6) is 17.5 Å². The van der Waals surface area contributed by atoms with E-state index in [4.69, 9.17) is 59.8 Å². The molecule has 26 nitrogen and oxygen atoms in total. The van der Waals surface area contributed by atoms with Crippen molar-refractivity contribution < 1.29 is 103 Å². The lowest BCUT2D eigenvalue weighted by molar-refractivity contribution is -0.193. The van der Waals surface area contributed by atoms with Crippen LogP contribution < -0.4 is 44.1 Å². The molecular formula is C43H47Cl3F5N8O18PS4. The van der Waals surface area contributed by atoms with E-state index in [0.29, 0.717) is 39.7 Å². The molecule has 5 aromatic rings. The number of carboxylic acids is 3. The standard InChI is InChI=1S/C15H15ClFN3O3S2.C14H10F4N4O7S.C8H6Cl2O3.C3H8NO5P.C3H9S/c1-23-13(21)8-24-12-7-11(10(17)6-9(12)16)18-14-19-4-2-3-5-20(19)15(22)25-14;15-11(16)28-8-5-9(29-12(17)18)20-13(19-8)21-14(25)22-30(26,27)7-4-2-1-3-6(7)10(23)24;1-13-7-5(10)3-2-4(9)6(7)8(11)12;5-3(6)1-4-2-10(7,8)9;1-4(2)3/h6-7H,2-5,8H2,1H3;1-5,11-12H,(H,23,24)(H2,19,20,21,22,25);2-3H,1H3,(H,11,12);4H,1-2H2,(H,5,6)(H2,7,8,9);1-3H3/q;;;;+1/p-1. The maximum absolute atomic E-state index is 14.3. The molecule has 1 aliphatic heterocycles. The van der Waals surface area contributed by atoms with Crippen molar-refractivity contribution in [3.63, 3.8) is 0 Å². The number of nitrogens with one attached hydrogen (secondary N) is 3. The Balaban J connectivity index is 0.000000393. The van der Waals surface area contributed by atoms with Crippen LogP contribution in [-0.4, -0.2) is 143 Å². The molecule has 6 rings (SSSR count). The van der Waals surface area contributed by atoms with Crippen molar-refractivity contribution in [2.75, 3.05) is 56.9 Å². The lowest BCUT2D eigenvalue weighted by Crippen LogP contribution is -2.35. The number of nitrogens with zero attached hydrogens (tertiary/aromatic N) is 5. The van der Waals surface area contributed by atoms with Crippen LogP contribution in [0.3, 0.4) is 0 Å². The largest absolute Gasteiger partial charge is 0.778 e. The molecule has 1 aliphatic rings. The zero-order valence-electron chi connectivity index (χ0n) is 42.6. The van der Waals surface area contributed by atoms with E-state index >= 15 is 0 Å². The van der Waals surface area contributed by atoms with Gasteiger partial charge in [-0.05, 0) is 71.5 Å². The highest BCUT2D eigenvalue weighted by Crippen LogP contribution is 2.35. The van der Waals surface area contributed by atoms with E-state index in [1.807, 2.05) is 5.32 Å². The Morgan fingerprint density at radius 1 is 0.890 bits per heavy atom. The maximum atomic E-state index is 14.3. The van der Waals surface area contributed by atoms with Crippen LogP contribution in [0.1, 0.15) is 33.6 Å². The summed E-state index contributed by atoms with van der Waals surface area (Å²) in [4.78, 5) is 95.9. The molecule has 452 valence electrons. The third-order valence-electron chi connectivity index (χ3n) is 8.70. The minimum atomic E-state index is -4.71. The van der Waals surface area contributed by atoms with Crippen molar-refractivity contribution in [2.45, 2.75) is 48.9 Å². The molecule has 0 spiro atoms. The van der Waals surface area contributed by atoms with E-state index < -0.39 is 108 Å². The number of halogens is 8. The second-order valence-corrected chi connectivity index (χ2v) is 24.2. The van der Waals surface area contributed by atoms with E-state index in [9.17, 15) is 68.6 Å². The molecule has 0 fully saturated rings. The summed E-state index contributed by atoms with van der Waals surface area (Å²) < 4.78 is 120. The van der Waals surface area contributed by atoms with Gasteiger partial charge in [0, 0.05) is 18.0 Å². The lowest BCUT2D eigenvalue weighted by atomic mass is 10.2. The Morgan fingerprint density at radius 2 is 1.45 bits per heavy atom. The molecule has 2 aromatic heterocycles. The summed E-state index contributed by atoms with van der Waals surface area (Å²) in [6.07, 6.45) is 7.77. The third kappa shape index (κ3) is 25.5. The van der Waals surface area contributed by atoms with Crippen LogP contribution in [0.2, 0.25) is 15.1 Å². The van der Waals surface area contributed by atoms with Gasteiger partial charge in [-0.1, -0.05) is 46.9 Å². The topological polar surface area (TPSA) is 379 Å². The van der Waals surface area contributed by atoms with E-state index in [-0.39, 0.29) is 42.7 Å². The zero-order valence-corrected chi connectivity index (χ0v) is 49.1. The van der Waals surface area contributed by atoms with Gasteiger partial charge in [0.05, 0.1) is 78.3 Å². The zero-order chi connectivity index (χ0) is 62.2. The summed E-state index contributed by atoms with van der Waals surface area (Å²) in [7, 11) is -5.79. The molecule has 3 heterocycles. The number of carboxylic acid groups (broad SMARTS) is 3. The summed E-state index contributed by atoms with van der Waals surface area (Å²) in [6.45, 7) is -5.97. The second kappa shape index (κ2) is 34.4. The molecule has 7 N–H and O–H groups in total. The van der Waals surface area contributed by atoms with Gasteiger partial charge in [-0.25, -0.2) is 41.6 Å². The Kier molecular flexibility index (Phi) is 30.1. The number of hydrogen-bond donors (Lipinski definition) is 7. The average Bonchev–Trinajstić information content (AvgIpc) is 3.83. The number of aromatic nitrogens is 4. The van der Waals surface area contributed by atoms with Gasteiger partial charge >= 0.3 is 48.0 Å². The van der Waals surface area contributed by atoms with Gasteiger partial charge in [0.2, 0.25) is 22.5 Å². The number of anilines is 1. The van der Waals surface area contributed by atoms with Crippen LogP contribution in [0, 0.1) is 5.82 Å². The van der Waals surface area contributed by atoms with Crippen molar-refractivity contribution in [1.29, 1.82) is 0 Å². The molecular weight excluding hydrogens is 1280 g/mol. The Morgan fingerprint density at radius 3 is 1.95 bits per heavy atom. The minimum absolute atomic E-state index is 0.0605. The summed E-state index contributed by atoms with van der Waals surface area (Å²) in [5.41, 5.74) is -0.676. The molecule has 39 heteroatoms. The number of thioether (sulfide) groups is 1. The van der Waals surface area contributed by atoms with Gasteiger partial charge in [-0.3, -0.25) is 29.7 Å². The SMILES string of the molecule is COC(=O)CSc1cc(N=c2sc(=O)n3n2CCCC3)c(F)cc1Cl.COc1c(Cl)ccc(Cl)c1C(=O)O.C[S+](C)C.O=C(Nc1nc(OC(F)F)cc(OC(F)F)n1)NS(=O)(=O)c1ccccc1C(=O)O.O=C(O)CNCP(=O)([O-])O. The van der Waals surface area contributed by atoms with Crippen molar-refractivity contribution >= 4 is 128 Å². The van der Waals surface area contributed by atoms with Gasteiger partial charge in [0.25, 0.3) is 10.0 Å². The number of fused-ring (bicyclic) bond motifs is 1. The lowest BCUT2D eigenvalue weighted by Gasteiger charge is -2.15. The number of esters is 1. The number of amides is 2. The number of sulfonamides is 1. The molecule has 1 atom stereocenters. The maximum Gasteiger partial charge on any atom is 0.388 e.